The van der Waals surface area contributed by atoms with Crippen LogP contribution in [0.5, 0.6) is 0 Å². The molecule has 1 fully saturated rings. The molecular weight excluding hydrogens is 435 g/mol. The molecule has 1 N–H and O–H groups in total. The van der Waals surface area contributed by atoms with Gasteiger partial charge in [-0.2, -0.15) is 0 Å². The third kappa shape index (κ3) is 6.54. The SMILES string of the molecule is CC(C)C(SCc1ccccc1)C(=O)N1CCC(NS(=O)(=O)c2ccc(F)cc2)CC1. The van der Waals surface area contributed by atoms with Crippen LogP contribution in [0.4, 0.5) is 4.39 Å². The van der Waals surface area contributed by atoms with Crippen LogP contribution >= 0.6 is 11.8 Å². The molecule has 1 heterocycles. The van der Waals surface area contributed by atoms with Crippen molar-refractivity contribution in [1.82, 2.24) is 9.62 Å². The van der Waals surface area contributed by atoms with Crippen molar-refractivity contribution in [1.29, 1.82) is 0 Å². The average Bonchev–Trinajstić information content (AvgIpc) is 2.75. The number of halogens is 1. The number of amides is 1. The molecule has 0 bridgehead atoms. The number of nitrogens with one attached hydrogen (secondary N) is 1. The molecular formula is C23H29FN2O3S2. The lowest BCUT2D eigenvalue weighted by Gasteiger charge is -2.35. The first-order valence-electron chi connectivity index (χ1n) is 10.5. The summed E-state index contributed by atoms with van der Waals surface area (Å²) in [5, 5.41) is -0.132. The molecule has 0 aliphatic carbocycles. The summed E-state index contributed by atoms with van der Waals surface area (Å²) in [6.45, 7) is 5.16. The van der Waals surface area contributed by atoms with E-state index in [1.54, 1.807) is 11.8 Å². The maximum absolute atomic E-state index is 13.1. The highest BCUT2D eigenvalue weighted by Crippen LogP contribution is 2.27. The van der Waals surface area contributed by atoms with Crippen molar-refractivity contribution in [3.05, 3.63) is 66.0 Å². The summed E-state index contributed by atoms with van der Waals surface area (Å²) in [6.07, 6.45) is 1.11. The summed E-state index contributed by atoms with van der Waals surface area (Å²) in [4.78, 5) is 15.0. The number of thioether (sulfide) groups is 1. The molecule has 2 aromatic carbocycles. The normalized spacial score (nSPS) is 16.5. The number of benzene rings is 2. The summed E-state index contributed by atoms with van der Waals surface area (Å²) in [5.41, 5.74) is 1.19. The first kappa shape index (κ1) is 23.8. The van der Waals surface area contributed by atoms with Gasteiger partial charge in [-0.25, -0.2) is 17.5 Å². The van der Waals surface area contributed by atoms with E-state index in [0.29, 0.717) is 25.9 Å². The summed E-state index contributed by atoms with van der Waals surface area (Å²) >= 11 is 1.66. The third-order valence-electron chi connectivity index (χ3n) is 5.37. The molecule has 31 heavy (non-hydrogen) atoms. The van der Waals surface area contributed by atoms with Crippen LogP contribution in [0.1, 0.15) is 32.3 Å². The number of nitrogens with zero attached hydrogens (tertiary/aromatic N) is 1. The predicted molar refractivity (Wildman–Crippen MR) is 123 cm³/mol. The van der Waals surface area contributed by atoms with Crippen LogP contribution in [0.2, 0.25) is 0 Å². The van der Waals surface area contributed by atoms with E-state index in [0.717, 1.165) is 17.9 Å². The molecule has 0 spiro atoms. The number of hydrogen-bond acceptors (Lipinski definition) is 4. The molecule has 1 unspecified atom stereocenters. The summed E-state index contributed by atoms with van der Waals surface area (Å²) in [6, 6.07) is 14.6. The van der Waals surface area contributed by atoms with Crippen molar-refractivity contribution in [3.63, 3.8) is 0 Å². The lowest BCUT2D eigenvalue weighted by atomic mass is 10.0. The van der Waals surface area contributed by atoms with E-state index in [2.05, 4.69) is 30.7 Å². The Morgan fingerprint density at radius 2 is 1.71 bits per heavy atom. The molecule has 2 aromatic rings. The van der Waals surface area contributed by atoms with Gasteiger partial charge in [-0.15, -0.1) is 11.8 Å². The van der Waals surface area contributed by atoms with Gasteiger partial charge in [0.05, 0.1) is 10.1 Å². The summed E-state index contributed by atoms with van der Waals surface area (Å²) < 4.78 is 40.8. The second kappa shape index (κ2) is 10.6. The highest BCUT2D eigenvalue weighted by molar-refractivity contribution is 7.99. The Balaban J connectivity index is 1.54. The molecule has 1 aliphatic rings. The van der Waals surface area contributed by atoms with E-state index >= 15 is 0 Å². The lowest BCUT2D eigenvalue weighted by molar-refractivity contribution is -0.132. The Morgan fingerprint density at radius 1 is 1.10 bits per heavy atom. The smallest absolute Gasteiger partial charge is 0.240 e. The van der Waals surface area contributed by atoms with E-state index in [-0.39, 0.29) is 28.0 Å². The van der Waals surface area contributed by atoms with E-state index in [4.69, 9.17) is 0 Å². The molecule has 5 nitrogen and oxygen atoms in total. The van der Waals surface area contributed by atoms with Crippen LogP contribution in [-0.4, -0.2) is 43.6 Å². The third-order valence-corrected chi connectivity index (χ3v) is 8.52. The number of piperidine rings is 1. The van der Waals surface area contributed by atoms with Gasteiger partial charge in [0.1, 0.15) is 5.82 Å². The fourth-order valence-electron chi connectivity index (χ4n) is 3.61. The number of rotatable bonds is 8. The zero-order valence-electron chi connectivity index (χ0n) is 17.8. The minimum Gasteiger partial charge on any atom is -0.342 e. The summed E-state index contributed by atoms with van der Waals surface area (Å²) in [5.74, 6) is 0.630. The maximum atomic E-state index is 13.1. The second-order valence-corrected chi connectivity index (χ2v) is 11.0. The zero-order chi connectivity index (χ0) is 22.4. The van der Waals surface area contributed by atoms with Crippen molar-refractivity contribution >= 4 is 27.7 Å². The number of sulfonamides is 1. The average molecular weight is 465 g/mol. The van der Waals surface area contributed by atoms with Crippen LogP contribution in [-0.2, 0) is 20.6 Å². The highest BCUT2D eigenvalue weighted by Gasteiger charge is 2.31. The Kier molecular flexibility index (Phi) is 8.13. The number of likely N-dealkylation sites (tertiary alicyclic amines) is 1. The topological polar surface area (TPSA) is 66.5 Å². The molecule has 168 valence electrons. The molecule has 3 rings (SSSR count). The molecule has 1 aliphatic heterocycles. The van der Waals surface area contributed by atoms with E-state index in [9.17, 15) is 17.6 Å². The second-order valence-electron chi connectivity index (χ2n) is 8.14. The van der Waals surface area contributed by atoms with Crippen molar-refractivity contribution in [2.75, 3.05) is 13.1 Å². The first-order chi connectivity index (χ1) is 14.8. The lowest BCUT2D eigenvalue weighted by Crippen LogP contribution is -2.49. The molecule has 0 radical (unpaired) electrons. The van der Waals surface area contributed by atoms with Crippen molar-refractivity contribution < 1.29 is 17.6 Å². The molecule has 1 amide bonds. The van der Waals surface area contributed by atoms with Gasteiger partial charge in [0, 0.05) is 24.9 Å². The Morgan fingerprint density at radius 3 is 2.29 bits per heavy atom. The minimum absolute atomic E-state index is 0.0459. The van der Waals surface area contributed by atoms with Gasteiger partial charge >= 0.3 is 0 Å². The molecule has 8 heteroatoms. The van der Waals surface area contributed by atoms with Crippen LogP contribution < -0.4 is 4.72 Å². The van der Waals surface area contributed by atoms with Gasteiger partial charge in [-0.05, 0) is 48.6 Å². The van der Waals surface area contributed by atoms with Crippen LogP contribution in [0.25, 0.3) is 0 Å². The monoisotopic (exact) mass is 464 g/mol. The van der Waals surface area contributed by atoms with Gasteiger partial charge in [0.25, 0.3) is 0 Å². The molecule has 1 atom stereocenters. The predicted octanol–water partition coefficient (Wildman–Crippen LogP) is 4.05. The zero-order valence-corrected chi connectivity index (χ0v) is 19.5. The molecule has 0 saturated carbocycles. The van der Waals surface area contributed by atoms with Crippen molar-refractivity contribution in [3.8, 4) is 0 Å². The number of hydrogen-bond donors (Lipinski definition) is 1. The first-order valence-corrected chi connectivity index (χ1v) is 13.0. The maximum Gasteiger partial charge on any atom is 0.240 e. The standard InChI is InChI=1S/C23H29FN2O3S2/c1-17(2)22(30-16-18-6-4-3-5-7-18)23(27)26-14-12-20(13-15-26)25-31(28,29)21-10-8-19(24)9-11-21/h3-11,17,20,22,25H,12-16H2,1-2H3. The fourth-order valence-corrected chi connectivity index (χ4v) is 6.15. The fraction of sp³-hybridized carbons (Fsp3) is 0.435. The Bertz CT molecular complexity index is 958. The largest absolute Gasteiger partial charge is 0.342 e. The van der Waals surface area contributed by atoms with Gasteiger partial charge in [0.15, 0.2) is 0 Å². The van der Waals surface area contributed by atoms with Gasteiger partial charge in [0.2, 0.25) is 15.9 Å². The summed E-state index contributed by atoms with van der Waals surface area (Å²) in [7, 11) is -3.71. The Hall–Kier alpha value is -1.90. The van der Waals surface area contributed by atoms with Gasteiger partial charge < -0.3 is 4.90 Å². The Labute approximate surface area is 188 Å². The van der Waals surface area contributed by atoms with E-state index < -0.39 is 15.8 Å². The number of carbonyl (C=O) groups is 1. The van der Waals surface area contributed by atoms with Crippen molar-refractivity contribution in [2.24, 2.45) is 5.92 Å². The number of carbonyl (C=O) groups excluding carboxylic acids is 1. The molecule has 1 saturated heterocycles. The van der Waals surface area contributed by atoms with Crippen molar-refractivity contribution in [2.45, 2.75) is 48.6 Å². The van der Waals surface area contributed by atoms with E-state index in [1.165, 1.54) is 17.7 Å². The molecule has 0 aromatic heterocycles. The highest BCUT2D eigenvalue weighted by atomic mass is 32.2. The van der Waals surface area contributed by atoms with Crippen LogP contribution in [0, 0.1) is 11.7 Å². The van der Waals surface area contributed by atoms with Crippen LogP contribution in [0.15, 0.2) is 59.5 Å². The minimum atomic E-state index is -3.71. The van der Waals surface area contributed by atoms with E-state index in [1.807, 2.05) is 23.1 Å². The van der Waals surface area contributed by atoms with Crippen LogP contribution in [0.3, 0.4) is 0 Å². The van der Waals surface area contributed by atoms with Gasteiger partial charge in [-0.1, -0.05) is 44.2 Å². The quantitative estimate of drug-likeness (QED) is 0.640. The van der Waals surface area contributed by atoms with Gasteiger partial charge in [-0.3, -0.25) is 4.79 Å².